The number of rotatable bonds is 7. The SMILES string of the molecule is CC(NC(=O)c1csc(Nc2ccc(OC(F)F)cc2)n1)c1ccccc1. The van der Waals surface area contributed by atoms with E-state index in [2.05, 4.69) is 20.4 Å². The van der Waals surface area contributed by atoms with Gasteiger partial charge in [-0.15, -0.1) is 11.3 Å². The second-order valence-corrected chi connectivity index (χ2v) is 6.53. The van der Waals surface area contributed by atoms with Crippen LogP contribution >= 0.6 is 11.3 Å². The molecule has 1 aromatic heterocycles. The number of hydrogen-bond donors (Lipinski definition) is 2. The standard InChI is InChI=1S/C19H17F2N3O2S/c1-12(13-5-3-2-4-6-13)22-17(25)16-11-27-19(24-16)23-14-7-9-15(10-8-14)26-18(20)21/h2-12,18H,1H3,(H,22,25)(H,23,24). The molecule has 5 nitrogen and oxygen atoms in total. The highest BCUT2D eigenvalue weighted by atomic mass is 32.1. The van der Waals surface area contributed by atoms with E-state index in [0.717, 1.165) is 5.56 Å². The Bertz CT molecular complexity index is 885. The molecule has 1 amide bonds. The number of anilines is 2. The van der Waals surface area contributed by atoms with E-state index in [0.29, 0.717) is 16.5 Å². The van der Waals surface area contributed by atoms with Gasteiger partial charge in [-0.05, 0) is 36.8 Å². The third-order valence-corrected chi connectivity index (χ3v) is 4.47. The van der Waals surface area contributed by atoms with Gasteiger partial charge in [0.15, 0.2) is 5.13 Å². The lowest BCUT2D eigenvalue weighted by Crippen LogP contribution is -2.26. The molecule has 0 radical (unpaired) electrons. The fourth-order valence-electron chi connectivity index (χ4n) is 2.37. The third kappa shape index (κ3) is 5.24. The van der Waals surface area contributed by atoms with Gasteiger partial charge in [0.25, 0.3) is 5.91 Å². The first kappa shape index (κ1) is 18.8. The van der Waals surface area contributed by atoms with Gasteiger partial charge in [0, 0.05) is 11.1 Å². The first-order valence-corrected chi connectivity index (χ1v) is 9.02. The van der Waals surface area contributed by atoms with Crippen molar-refractivity contribution < 1.29 is 18.3 Å². The maximum Gasteiger partial charge on any atom is 0.387 e. The minimum absolute atomic E-state index is 0.0738. The van der Waals surface area contributed by atoms with Crippen LogP contribution in [0.4, 0.5) is 19.6 Å². The van der Waals surface area contributed by atoms with E-state index in [1.165, 1.54) is 23.5 Å². The van der Waals surface area contributed by atoms with Crippen molar-refractivity contribution in [2.75, 3.05) is 5.32 Å². The second-order valence-electron chi connectivity index (χ2n) is 5.67. The Hall–Kier alpha value is -3.00. The smallest absolute Gasteiger partial charge is 0.387 e. The average molecular weight is 389 g/mol. The van der Waals surface area contributed by atoms with Crippen LogP contribution in [0.1, 0.15) is 29.0 Å². The van der Waals surface area contributed by atoms with Crippen LogP contribution in [0, 0.1) is 0 Å². The molecule has 3 rings (SSSR count). The lowest BCUT2D eigenvalue weighted by molar-refractivity contribution is -0.0498. The quantitative estimate of drug-likeness (QED) is 0.598. The number of amides is 1. The number of benzene rings is 2. The van der Waals surface area contributed by atoms with E-state index < -0.39 is 6.61 Å². The molecule has 3 aromatic rings. The Morgan fingerprint density at radius 1 is 1.11 bits per heavy atom. The minimum atomic E-state index is -2.86. The van der Waals surface area contributed by atoms with E-state index in [1.54, 1.807) is 17.5 Å². The highest BCUT2D eigenvalue weighted by Crippen LogP contribution is 2.24. The normalized spacial score (nSPS) is 11.9. The predicted octanol–water partition coefficient (Wildman–Crippen LogP) is 4.98. The molecule has 27 heavy (non-hydrogen) atoms. The zero-order chi connectivity index (χ0) is 19.2. The molecule has 8 heteroatoms. The Morgan fingerprint density at radius 3 is 2.48 bits per heavy atom. The van der Waals surface area contributed by atoms with Crippen LogP contribution in [0.25, 0.3) is 0 Å². The number of thiazole rings is 1. The van der Waals surface area contributed by atoms with E-state index in [9.17, 15) is 13.6 Å². The van der Waals surface area contributed by atoms with E-state index in [-0.39, 0.29) is 17.7 Å². The summed E-state index contributed by atoms with van der Waals surface area (Å²) in [6, 6.07) is 15.5. The topological polar surface area (TPSA) is 63.2 Å². The number of aromatic nitrogens is 1. The number of halogens is 2. The van der Waals surface area contributed by atoms with Crippen LogP contribution in [-0.4, -0.2) is 17.5 Å². The summed E-state index contributed by atoms with van der Waals surface area (Å²) >= 11 is 1.28. The Labute approximate surface area is 159 Å². The number of nitrogens with one attached hydrogen (secondary N) is 2. The van der Waals surface area contributed by atoms with Gasteiger partial charge in [-0.25, -0.2) is 4.98 Å². The fraction of sp³-hybridized carbons (Fsp3) is 0.158. The molecule has 1 heterocycles. The van der Waals surface area contributed by atoms with Crippen LogP contribution in [0.5, 0.6) is 5.75 Å². The molecule has 0 saturated carbocycles. The molecule has 0 bridgehead atoms. The van der Waals surface area contributed by atoms with Crippen molar-refractivity contribution in [2.45, 2.75) is 19.6 Å². The van der Waals surface area contributed by atoms with Gasteiger partial charge in [0.1, 0.15) is 11.4 Å². The summed E-state index contributed by atoms with van der Waals surface area (Å²) in [6.07, 6.45) is 0. The van der Waals surface area contributed by atoms with Crippen LogP contribution in [-0.2, 0) is 0 Å². The predicted molar refractivity (Wildman–Crippen MR) is 101 cm³/mol. The fourth-order valence-corrected chi connectivity index (χ4v) is 3.09. The molecule has 0 fully saturated rings. The largest absolute Gasteiger partial charge is 0.435 e. The third-order valence-electron chi connectivity index (χ3n) is 3.71. The zero-order valence-corrected chi connectivity index (χ0v) is 15.2. The molecule has 1 atom stereocenters. The van der Waals surface area contributed by atoms with Crippen molar-refractivity contribution in [3.63, 3.8) is 0 Å². The lowest BCUT2D eigenvalue weighted by Gasteiger charge is -2.13. The molecule has 0 aliphatic heterocycles. The van der Waals surface area contributed by atoms with Crippen molar-refractivity contribution >= 4 is 28.1 Å². The van der Waals surface area contributed by atoms with E-state index in [4.69, 9.17) is 0 Å². The zero-order valence-electron chi connectivity index (χ0n) is 14.4. The molecular weight excluding hydrogens is 372 g/mol. The summed E-state index contributed by atoms with van der Waals surface area (Å²) in [4.78, 5) is 16.6. The van der Waals surface area contributed by atoms with Crippen molar-refractivity contribution in [3.8, 4) is 5.75 Å². The van der Waals surface area contributed by atoms with Crippen LogP contribution < -0.4 is 15.4 Å². The van der Waals surface area contributed by atoms with Crippen molar-refractivity contribution in [2.24, 2.45) is 0 Å². The van der Waals surface area contributed by atoms with Gasteiger partial charge >= 0.3 is 6.61 Å². The number of nitrogens with zero attached hydrogens (tertiary/aromatic N) is 1. The number of carbonyl (C=O) groups excluding carboxylic acids is 1. The molecule has 0 aliphatic carbocycles. The number of alkyl halides is 2. The summed E-state index contributed by atoms with van der Waals surface area (Å²) in [7, 11) is 0. The monoisotopic (exact) mass is 389 g/mol. The van der Waals surface area contributed by atoms with Gasteiger partial charge in [0.05, 0.1) is 6.04 Å². The molecule has 0 saturated heterocycles. The highest BCUT2D eigenvalue weighted by molar-refractivity contribution is 7.14. The number of carbonyl (C=O) groups is 1. The van der Waals surface area contributed by atoms with Gasteiger partial charge in [-0.2, -0.15) is 8.78 Å². The Morgan fingerprint density at radius 2 is 1.81 bits per heavy atom. The summed E-state index contributed by atoms with van der Waals surface area (Å²) in [5.41, 5.74) is 1.96. The van der Waals surface area contributed by atoms with Gasteiger partial charge in [-0.3, -0.25) is 4.79 Å². The summed E-state index contributed by atoms with van der Waals surface area (Å²) in [5, 5.41) is 8.11. The van der Waals surface area contributed by atoms with Crippen molar-refractivity contribution in [1.82, 2.24) is 10.3 Å². The van der Waals surface area contributed by atoms with Crippen LogP contribution in [0.3, 0.4) is 0 Å². The van der Waals surface area contributed by atoms with Gasteiger partial charge in [0.2, 0.25) is 0 Å². The number of hydrogen-bond acceptors (Lipinski definition) is 5. The molecule has 0 spiro atoms. The van der Waals surface area contributed by atoms with Crippen molar-refractivity contribution in [3.05, 3.63) is 71.2 Å². The molecule has 2 N–H and O–H groups in total. The number of ether oxygens (including phenoxy) is 1. The Kier molecular flexibility index (Phi) is 5.97. The van der Waals surface area contributed by atoms with Crippen LogP contribution in [0.2, 0.25) is 0 Å². The first-order chi connectivity index (χ1) is 13.0. The maximum absolute atomic E-state index is 12.4. The summed E-state index contributed by atoms with van der Waals surface area (Å²) in [6.45, 7) is -0.955. The second kappa shape index (κ2) is 8.59. The molecule has 0 aliphatic rings. The summed E-state index contributed by atoms with van der Waals surface area (Å²) < 4.78 is 28.6. The Balaban J connectivity index is 1.60. The van der Waals surface area contributed by atoms with Gasteiger partial charge in [-0.1, -0.05) is 30.3 Å². The van der Waals surface area contributed by atoms with E-state index in [1.807, 2.05) is 37.3 Å². The highest BCUT2D eigenvalue weighted by Gasteiger charge is 2.14. The molecule has 2 aromatic carbocycles. The van der Waals surface area contributed by atoms with Crippen molar-refractivity contribution in [1.29, 1.82) is 0 Å². The average Bonchev–Trinajstić information content (AvgIpc) is 3.12. The van der Waals surface area contributed by atoms with Gasteiger partial charge < -0.3 is 15.4 Å². The molecule has 140 valence electrons. The maximum atomic E-state index is 12.4. The molecular formula is C19H17F2N3O2S. The molecule has 1 unspecified atom stereocenters. The first-order valence-electron chi connectivity index (χ1n) is 8.14. The van der Waals surface area contributed by atoms with E-state index >= 15 is 0 Å². The van der Waals surface area contributed by atoms with Crippen LogP contribution in [0.15, 0.2) is 60.0 Å². The minimum Gasteiger partial charge on any atom is -0.435 e. The summed E-state index contributed by atoms with van der Waals surface area (Å²) in [5.74, 6) is -0.194. The lowest BCUT2D eigenvalue weighted by atomic mass is 10.1.